The molecule has 4 N–H and O–H groups in total. The Morgan fingerprint density at radius 1 is 1.25 bits per heavy atom. The summed E-state index contributed by atoms with van der Waals surface area (Å²) in [7, 11) is 0. The first-order chi connectivity index (χ1) is 4.98. The molecule has 0 atom stereocenters. The van der Waals surface area contributed by atoms with Gasteiger partial charge in [-0.05, 0) is 5.92 Å². The van der Waals surface area contributed by atoms with Crippen molar-refractivity contribution in [3.05, 3.63) is 6.42 Å². The molecule has 0 spiro atoms. The van der Waals surface area contributed by atoms with E-state index in [1.165, 1.54) is 6.42 Å². The molecule has 0 fully saturated rings. The third kappa shape index (κ3) is 11.7. The van der Waals surface area contributed by atoms with E-state index in [-0.39, 0.29) is 0 Å². The molecule has 3 heteroatoms. The Balaban J connectivity index is -0.000000249. The predicted octanol–water partition coefficient (Wildman–Crippen LogP) is 2.10. The summed E-state index contributed by atoms with van der Waals surface area (Å²) in [4.78, 5) is 0. The molecule has 0 aromatic carbocycles. The van der Waals surface area contributed by atoms with Crippen molar-refractivity contribution in [2.24, 2.45) is 23.0 Å². The van der Waals surface area contributed by atoms with Crippen LogP contribution in [0.3, 0.4) is 0 Å². The first kappa shape index (κ1) is 17.1. The maximum atomic E-state index is 4.00. The second-order valence-corrected chi connectivity index (χ2v) is 3.88. The van der Waals surface area contributed by atoms with E-state index in [0.29, 0.717) is 5.41 Å². The van der Waals surface area contributed by atoms with Crippen LogP contribution in [0.2, 0.25) is 0 Å². The zero-order valence-electron chi connectivity index (χ0n) is 9.22. The summed E-state index contributed by atoms with van der Waals surface area (Å²) in [5.74, 6) is 8.82. The van der Waals surface area contributed by atoms with Crippen LogP contribution in [0.4, 0.5) is 0 Å². The molecule has 0 aliphatic rings. The number of hydrogen-bond donors (Lipinski definition) is 2. The smallest absolute Gasteiger partial charge is 0 e. The van der Waals surface area contributed by atoms with Gasteiger partial charge in [-0.25, -0.2) is 0 Å². The van der Waals surface area contributed by atoms with Crippen molar-refractivity contribution in [3.8, 4) is 0 Å². The largest absolute Gasteiger partial charge is 0.326 e. The number of hydrazine groups is 1. The van der Waals surface area contributed by atoms with Gasteiger partial charge in [0.2, 0.25) is 0 Å². The molecule has 2 nitrogen and oxygen atoms in total. The third-order valence-corrected chi connectivity index (χ3v) is 1.72. The Morgan fingerprint density at radius 2 is 1.58 bits per heavy atom. The van der Waals surface area contributed by atoms with Gasteiger partial charge in [0.05, 0.1) is 0 Å². The van der Waals surface area contributed by atoms with Gasteiger partial charge in [0.25, 0.3) is 0 Å². The average molecular weight is 426 g/mol. The van der Waals surface area contributed by atoms with Crippen LogP contribution < -0.4 is 11.7 Å². The van der Waals surface area contributed by atoms with Gasteiger partial charge >= 0.3 is 0 Å². The molecule has 0 saturated heterocycles. The molecule has 0 amide bonds. The van der Waals surface area contributed by atoms with Crippen LogP contribution in [0.25, 0.3) is 0 Å². The Morgan fingerprint density at radius 3 is 1.67 bits per heavy atom. The summed E-state index contributed by atoms with van der Waals surface area (Å²) in [5.41, 5.74) is 0.439. The molecule has 0 aliphatic heterocycles. The second-order valence-electron chi connectivity index (χ2n) is 3.88. The van der Waals surface area contributed by atoms with Crippen molar-refractivity contribution >= 4 is 0 Å². The van der Waals surface area contributed by atoms with E-state index >= 15 is 0 Å². The maximum absolute atomic E-state index is 4.00. The fourth-order valence-electron chi connectivity index (χ4n) is 1.17. The van der Waals surface area contributed by atoms with Crippen LogP contribution in [0.5, 0.6) is 0 Å². The Labute approximate surface area is 71.3 Å². The van der Waals surface area contributed by atoms with Gasteiger partial charge in [0.1, 0.15) is 0 Å². The molecule has 12 heavy (non-hydrogen) atoms. The standard InChI is InChI=1S/C9H19.H4N2.Rf/c1-6-9(4,5)7-8(2)3;1-2;/h6,8H,7H2,1-5H3;1-2H2;/q-1;;. The van der Waals surface area contributed by atoms with Crippen LogP contribution in [0.1, 0.15) is 41.0 Å². The first-order valence-electron chi connectivity index (χ1n) is 4.12. The summed E-state index contributed by atoms with van der Waals surface area (Å²) in [6.45, 7) is 11.2. The minimum atomic E-state index is 0. The van der Waals surface area contributed by atoms with E-state index in [1.807, 2.05) is 0 Å². The molecule has 0 bridgehead atoms. The van der Waals surface area contributed by atoms with Crippen molar-refractivity contribution in [2.45, 2.75) is 41.0 Å². The molecular weight excluding hydrogens is 403 g/mol. The Hall–Kier alpha value is -1.08. The molecule has 0 rings (SSSR count). The third-order valence-electron chi connectivity index (χ3n) is 1.72. The minimum Gasteiger partial charge on any atom is -0.326 e. The predicted molar refractivity (Wildman–Crippen MR) is 51.6 cm³/mol. The SMILES string of the molecule is C[CH-]C(C)(C)CC(C)C.NN.[Rf]. The quantitative estimate of drug-likeness (QED) is 0.413. The van der Waals surface area contributed by atoms with Crippen molar-refractivity contribution in [1.29, 1.82) is 0 Å². The molecule has 0 aliphatic carbocycles. The van der Waals surface area contributed by atoms with Gasteiger partial charge in [-0.1, -0.05) is 34.1 Å². The van der Waals surface area contributed by atoms with E-state index in [0.717, 1.165) is 5.92 Å². The van der Waals surface area contributed by atoms with Gasteiger partial charge < -0.3 is 6.42 Å². The number of hydrogen-bond acceptors (Lipinski definition) is 2. The first-order valence-corrected chi connectivity index (χ1v) is 4.12. The van der Waals surface area contributed by atoms with Gasteiger partial charge in [-0.3, -0.25) is 11.7 Å². The monoisotopic (exact) mass is 426 g/mol. The van der Waals surface area contributed by atoms with Gasteiger partial charge in [0, 0.05) is 0 Å². The van der Waals surface area contributed by atoms with E-state index in [4.69, 9.17) is 0 Å². The van der Waals surface area contributed by atoms with E-state index in [1.54, 1.807) is 0 Å². The van der Waals surface area contributed by atoms with Crippen molar-refractivity contribution in [2.75, 3.05) is 0 Å². The second kappa shape index (κ2) is 8.02. The Bertz CT molecular complexity index is 82.6. The number of rotatable bonds is 3. The van der Waals surface area contributed by atoms with Gasteiger partial charge in [-0.2, -0.15) is 12.3 Å². The average Bonchev–Trinajstić information content (AvgIpc) is 1.90. The van der Waals surface area contributed by atoms with Crippen LogP contribution in [0, 0.1) is 17.8 Å². The fraction of sp³-hybridized carbons (Fsp3) is 0.889. The summed E-state index contributed by atoms with van der Waals surface area (Å²) >= 11 is 0. The summed E-state index contributed by atoms with van der Waals surface area (Å²) in [6.07, 6.45) is 3.58. The zero-order chi connectivity index (χ0) is 9.49. The van der Waals surface area contributed by atoms with Crippen molar-refractivity contribution in [1.82, 2.24) is 0 Å². The number of nitrogens with two attached hydrogens (primary N) is 2. The fourth-order valence-corrected chi connectivity index (χ4v) is 1.17. The molecular formula is C9H23N2Rf-. The minimum absolute atomic E-state index is 0. The summed E-state index contributed by atoms with van der Waals surface area (Å²) in [6, 6.07) is 0. The molecule has 0 aromatic heterocycles. The molecule has 0 radical (unpaired) electrons. The zero-order valence-corrected chi connectivity index (χ0v) is 15.6. The normalized spacial score (nSPS) is 10.0. The van der Waals surface area contributed by atoms with Crippen LogP contribution in [0.15, 0.2) is 0 Å². The van der Waals surface area contributed by atoms with E-state index in [2.05, 4.69) is 52.7 Å². The topological polar surface area (TPSA) is 52.0 Å². The van der Waals surface area contributed by atoms with Crippen LogP contribution >= 0.6 is 0 Å². The molecule has 0 unspecified atom stereocenters. The van der Waals surface area contributed by atoms with Crippen LogP contribution in [-0.4, -0.2) is 0 Å². The molecule has 0 saturated carbocycles. The van der Waals surface area contributed by atoms with Crippen molar-refractivity contribution < 1.29 is 0 Å². The van der Waals surface area contributed by atoms with Crippen LogP contribution in [-0.2, 0) is 0 Å². The summed E-state index contributed by atoms with van der Waals surface area (Å²) in [5, 5.41) is 0. The maximum Gasteiger partial charge on any atom is 0 e. The van der Waals surface area contributed by atoms with E-state index < -0.39 is 0 Å². The van der Waals surface area contributed by atoms with Gasteiger partial charge in [0.15, 0.2) is 0 Å². The van der Waals surface area contributed by atoms with Crippen molar-refractivity contribution in [3.63, 3.8) is 0 Å². The molecule has 72 valence electrons. The van der Waals surface area contributed by atoms with Gasteiger partial charge in [-0.15, -0.1) is 0 Å². The molecule has 0 aromatic rings. The Kier molecular flexibility index (Phi) is 11.5. The molecule has 0 heterocycles. The van der Waals surface area contributed by atoms with E-state index in [9.17, 15) is 0 Å². The summed E-state index contributed by atoms with van der Waals surface area (Å²) < 4.78 is 0.